The number of rotatable bonds is 3. The number of carbonyl (C=O) groups excluding carboxylic acids is 1. The summed E-state index contributed by atoms with van der Waals surface area (Å²) in [7, 11) is -3.71. The van der Waals surface area contributed by atoms with Gasteiger partial charge in [-0.25, -0.2) is 8.42 Å². The number of piperazine rings is 1. The van der Waals surface area contributed by atoms with Crippen LogP contribution in [0.25, 0.3) is 0 Å². The molecule has 1 aliphatic heterocycles. The number of sulfonamides is 1. The molecule has 8 nitrogen and oxygen atoms in total. The third kappa shape index (κ3) is 3.06. The van der Waals surface area contributed by atoms with Crippen LogP contribution < -0.4 is 0 Å². The zero-order valence-corrected chi connectivity index (χ0v) is 15.4. The molecule has 3 rings (SSSR count). The molecule has 0 saturated carbocycles. The first-order chi connectivity index (χ1) is 11.9. The predicted molar refractivity (Wildman–Crippen MR) is 89.7 cm³/mol. The molecule has 10 heteroatoms. The molecule has 0 atom stereocenters. The SMILES string of the molecule is Cc1noc(C)c1S(=O)(=O)N1CCN(C(=O)c2sccc2C#N)CC1. The first-order valence-electron chi connectivity index (χ1n) is 7.56. The van der Waals surface area contributed by atoms with Gasteiger partial charge < -0.3 is 9.42 Å². The summed E-state index contributed by atoms with van der Waals surface area (Å²) in [6.45, 7) is 4.06. The Morgan fingerprint density at radius 3 is 2.56 bits per heavy atom. The van der Waals surface area contributed by atoms with Crippen molar-refractivity contribution in [3.63, 3.8) is 0 Å². The van der Waals surface area contributed by atoms with Crippen LogP contribution in [0.2, 0.25) is 0 Å². The van der Waals surface area contributed by atoms with Gasteiger partial charge in [0, 0.05) is 26.2 Å². The summed E-state index contributed by atoms with van der Waals surface area (Å²) in [6, 6.07) is 3.61. The monoisotopic (exact) mass is 380 g/mol. The molecule has 0 unspecified atom stereocenters. The van der Waals surface area contributed by atoms with Crippen molar-refractivity contribution in [1.29, 1.82) is 5.26 Å². The van der Waals surface area contributed by atoms with Crippen molar-refractivity contribution in [2.45, 2.75) is 18.7 Å². The number of hydrogen-bond acceptors (Lipinski definition) is 7. The topological polar surface area (TPSA) is 108 Å². The van der Waals surface area contributed by atoms with Gasteiger partial charge in [-0.1, -0.05) is 5.16 Å². The zero-order chi connectivity index (χ0) is 18.2. The second kappa shape index (κ2) is 6.59. The molecule has 0 aromatic carbocycles. The van der Waals surface area contributed by atoms with Crippen molar-refractivity contribution < 1.29 is 17.7 Å². The summed E-state index contributed by atoms with van der Waals surface area (Å²) in [4.78, 5) is 14.6. The Labute approximate surface area is 149 Å². The van der Waals surface area contributed by atoms with Crippen LogP contribution in [0.15, 0.2) is 20.9 Å². The number of carbonyl (C=O) groups is 1. The quantitative estimate of drug-likeness (QED) is 0.796. The first-order valence-corrected chi connectivity index (χ1v) is 9.88. The minimum absolute atomic E-state index is 0.0947. The van der Waals surface area contributed by atoms with E-state index in [9.17, 15) is 13.2 Å². The molecule has 25 heavy (non-hydrogen) atoms. The number of thiophene rings is 1. The first kappa shape index (κ1) is 17.6. The molecule has 0 bridgehead atoms. The highest BCUT2D eigenvalue weighted by Gasteiger charge is 2.34. The Kier molecular flexibility index (Phi) is 4.64. The van der Waals surface area contributed by atoms with E-state index in [0.29, 0.717) is 16.1 Å². The van der Waals surface area contributed by atoms with Gasteiger partial charge >= 0.3 is 0 Å². The fourth-order valence-electron chi connectivity index (χ4n) is 2.81. The van der Waals surface area contributed by atoms with E-state index < -0.39 is 10.0 Å². The summed E-state index contributed by atoms with van der Waals surface area (Å²) in [5, 5.41) is 14.4. The number of nitriles is 1. The lowest BCUT2D eigenvalue weighted by molar-refractivity contribution is 0.0702. The van der Waals surface area contributed by atoms with Gasteiger partial charge in [0.1, 0.15) is 21.5 Å². The molecular formula is C15H16N4O4S2. The van der Waals surface area contributed by atoms with Gasteiger partial charge in [-0.2, -0.15) is 9.57 Å². The van der Waals surface area contributed by atoms with Gasteiger partial charge in [-0.05, 0) is 25.3 Å². The number of aryl methyl sites for hydroxylation is 2. The Bertz CT molecular complexity index is 927. The minimum atomic E-state index is -3.71. The van der Waals surface area contributed by atoms with Crippen LogP contribution in [0, 0.1) is 25.2 Å². The van der Waals surface area contributed by atoms with Crippen molar-refractivity contribution in [1.82, 2.24) is 14.4 Å². The van der Waals surface area contributed by atoms with Gasteiger partial charge in [0.25, 0.3) is 5.91 Å². The van der Waals surface area contributed by atoms with Crippen LogP contribution in [-0.4, -0.2) is 54.9 Å². The molecule has 0 aliphatic carbocycles. The van der Waals surface area contributed by atoms with E-state index >= 15 is 0 Å². The van der Waals surface area contributed by atoms with E-state index in [1.165, 1.54) is 15.6 Å². The van der Waals surface area contributed by atoms with E-state index in [1.54, 1.807) is 30.2 Å². The summed E-state index contributed by atoms with van der Waals surface area (Å²) in [6.07, 6.45) is 0. The molecule has 1 amide bonds. The zero-order valence-electron chi connectivity index (χ0n) is 13.7. The van der Waals surface area contributed by atoms with Crippen LogP contribution in [0.3, 0.4) is 0 Å². The highest BCUT2D eigenvalue weighted by Crippen LogP contribution is 2.25. The summed E-state index contributed by atoms with van der Waals surface area (Å²) < 4.78 is 31.8. The van der Waals surface area contributed by atoms with Crippen molar-refractivity contribution in [3.8, 4) is 6.07 Å². The number of nitrogens with zero attached hydrogens (tertiary/aromatic N) is 4. The second-order valence-corrected chi connectivity index (χ2v) is 8.42. The van der Waals surface area contributed by atoms with E-state index in [4.69, 9.17) is 9.78 Å². The van der Waals surface area contributed by atoms with Crippen LogP contribution >= 0.6 is 11.3 Å². The maximum atomic E-state index is 12.8. The van der Waals surface area contributed by atoms with Crippen molar-refractivity contribution in [2.75, 3.05) is 26.2 Å². The Morgan fingerprint density at radius 1 is 1.32 bits per heavy atom. The smallest absolute Gasteiger partial charge is 0.265 e. The van der Waals surface area contributed by atoms with Gasteiger partial charge in [-0.3, -0.25) is 4.79 Å². The number of amides is 1. The third-order valence-corrected chi connectivity index (χ3v) is 7.12. The fraction of sp³-hybridized carbons (Fsp3) is 0.400. The molecular weight excluding hydrogens is 364 g/mol. The van der Waals surface area contributed by atoms with Crippen molar-refractivity contribution >= 4 is 27.3 Å². The lowest BCUT2D eigenvalue weighted by Gasteiger charge is -2.33. The van der Waals surface area contributed by atoms with Crippen LogP contribution in [0.5, 0.6) is 0 Å². The molecule has 0 radical (unpaired) electrons. The molecule has 1 fully saturated rings. The Morgan fingerprint density at radius 2 is 2.00 bits per heavy atom. The van der Waals surface area contributed by atoms with Gasteiger partial charge in [0.15, 0.2) is 5.76 Å². The van der Waals surface area contributed by atoms with E-state index in [-0.39, 0.29) is 42.7 Å². The summed E-state index contributed by atoms with van der Waals surface area (Å²) >= 11 is 1.22. The lowest BCUT2D eigenvalue weighted by atomic mass is 10.2. The maximum absolute atomic E-state index is 12.8. The summed E-state index contributed by atoms with van der Waals surface area (Å²) in [5.74, 6) is 0.0224. The van der Waals surface area contributed by atoms with Crippen LogP contribution in [0.1, 0.15) is 26.7 Å². The highest BCUT2D eigenvalue weighted by atomic mass is 32.2. The van der Waals surface area contributed by atoms with Gasteiger partial charge in [0.2, 0.25) is 10.0 Å². The average molecular weight is 380 g/mol. The van der Waals surface area contributed by atoms with Crippen LogP contribution in [-0.2, 0) is 10.0 Å². The standard InChI is InChI=1S/C15H16N4O4S2/c1-10-14(11(2)23-17-10)25(21,22)19-6-4-18(5-7-19)15(20)13-12(9-16)3-8-24-13/h3,8H,4-7H2,1-2H3. The highest BCUT2D eigenvalue weighted by molar-refractivity contribution is 7.89. The van der Waals surface area contributed by atoms with Crippen molar-refractivity contribution in [2.24, 2.45) is 0 Å². The number of aromatic nitrogens is 1. The molecule has 2 aromatic heterocycles. The van der Waals surface area contributed by atoms with E-state index in [1.807, 2.05) is 6.07 Å². The molecule has 1 aliphatic rings. The van der Waals surface area contributed by atoms with Crippen molar-refractivity contribution in [3.05, 3.63) is 33.3 Å². The molecule has 3 heterocycles. The molecule has 132 valence electrons. The molecule has 0 N–H and O–H groups in total. The van der Waals surface area contributed by atoms with Gasteiger partial charge in [0.05, 0.1) is 5.56 Å². The third-order valence-electron chi connectivity index (χ3n) is 4.07. The largest absolute Gasteiger partial charge is 0.360 e. The second-order valence-electron chi connectivity index (χ2n) is 5.62. The average Bonchev–Trinajstić information content (AvgIpc) is 3.20. The van der Waals surface area contributed by atoms with Crippen LogP contribution in [0.4, 0.5) is 0 Å². The Balaban J connectivity index is 1.74. The molecule has 0 spiro atoms. The Hall–Kier alpha value is -2.22. The molecule has 2 aromatic rings. The fourth-order valence-corrected chi connectivity index (χ4v) is 5.33. The predicted octanol–water partition coefficient (Wildman–Crippen LogP) is 1.37. The normalized spacial score (nSPS) is 16.0. The molecule has 1 saturated heterocycles. The number of hydrogen-bond donors (Lipinski definition) is 0. The van der Waals surface area contributed by atoms with Gasteiger partial charge in [-0.15, -0.1) is 11.3 Å². The van der Waals surface area contributed by atoms with E-state index in [0.717, 1.165) is 0 Å². The maximum Gasteiger partial charge on any atom is 0.265 e. The van der Waals surface area contributed by atoms with E-state index in [2.05, 4.69) is 5.16 Å². The summed E-state index contributed by atoms with van der Waals surface area (Å²) in [5.41, 5.74) is 0.675. The minimum Gasteiger partial charge on any atom is -0.360 e. The lowest BCUT2D eigenvalue weighted by Crippen LogP contribution is -2.50.